The zero-order chi connectivity index (χ0) is 44.3. The Bertz CT molecular complexity index is 2380. The third-order valence-electron chi connectivity index (χ3n) is 12.1. The first-order chi connectivity index (χ1) is 30.5. The third-order valence-corrected chi connectivity index (χ3v) is 12.1. The van der Waals surface area contributed by atoms with E-state index < -0.39 is 18.1 Å². The van der Waals surface area contributed by atoms with Crippen LogP contribution in [0.25, 0.3) is 10.9 Å². The number of aliphatic hydroxyl groups is 1. The minimum absolute atomic E-state index is 0.0410. The number of carbonyl (C=O) groups is 3. The minimum atomic E-state index is -0.872. The smallest absolute Gasteiger partial charge is 0.328 e. The summed E-state index contributed by atoms with van der Waals surface area (Å²) >= 11 is 0. The average molecular weight is 859 g/mol. The van der Waals surface area contributed by atoms with Gasteiger partial charge in [0.05, 0.1) is 24.6 Å². The molecule has 3 saturated heterocycles. The van der Waals surface area contributed by atoms with Gasteiger partial charge < -0.3 is 40.0 Å². The number of amides is 1. The molecule has 0 saturated carbocycles. The van der Waals surface area contributed by atoms with E-state index in [1.165, 1.54) is 12.1 Å². The van der Waals surface area contributed by atoms with E-state index in [0.29, 0.717) is 47.6 Å². The highest BCUT2D eigenvalue weighted by Gasteiger charge is 2.37. The van der Waals surface area contributed by atoms with Gasteiger partial charge in [-0.3, -0.25) is 19.3 Å². The predicted octanol–water partition coefficient (Wildman–Crippen LogP) is 6.37. The molecule has 5 N–H and O–H groups in total. The molecule has 0 unspecified atom stereocenters. The van der Waals surface area contributed by atoms with Crippen LogP contribution in [0, 0.1) is 11.8 Å². The van der Waals surface area contributed by atoms with Gasteiger partial charge in [-0.25, -0.2) is 4.79 Å². The number of carbonyl (C=O) groups excluding carboxylic acids is 3. The van der Waals surface area contributed by atoms with Gasteiger partial charge in [-0.05, 0) is 116 Å². The van der Waals surface area contributed by atoms with Gasteiger partial charge >= 0.3 is 11.9 Å². The first-order valence-corrected chi connectivity index (χ1v) is 22.0. The molecule has 2 bridgehead atoms. The van der Waals surface area contributed by atoms with Crippen molar-refractivity contribution < 1.29 is 38.8 Å². The molecule has 4 aromatic carbocycles. The molecule has 0 aliphatic carbocycles. The fourth-order valence-corrected chi connectivity index (χ4v) is 8.52. The van der Waals surface area contributed by atoms with Gasteiger partial charge in [-0.1, -0.05) is 74.5 Å². The van der Waals surface area contributed by atoms with Crippen molar-refractivity contribution in [1.29, 1.82) is 0 Å². The topological polar surface area (TPSA) is 180 Å². The highest BCUT2D eigenvalue weighted by Crippen LogP contribution is 2.34. The first-order valence-electron chi connectivity index (χ1n) is 22.0. The molecule has 3 aliphatic rings. The number of aliphatic hydroxyl groups excluding tert-OH is 1. The molecule has 1 amide bonds. The zero-order valence-electron chi connectivity index (χ0n) is 36.0. The average Bonchev–Trinajstić information content (AvgIpc) is 3.30. The Balaban J connectivity index is 0.849. The number of aromatic hydroxyl groups is 1. The summed E-state index contributed by atoms with van der Waals surface area (Å²) in [7, 11) is 0. The summed E-state index contributed by atoms with van der Waals surface area (Å²) in [5.74, 6) is -0.449. The van der Waals surface area contributed by atoms with Crippen molar-refractivity contribution in [3.05, 3.63) is 141 Å². The number of fused-ring (bicyclic) bond motifs is 4. The molecule has 1 aromatic heterocycles. The van der Waals surface area contributed by atoms with E-state index >= 15 is 0 Å². The van der Waals surface area contributed by atoms with Crippen molar-refractivity contribution >= 4 is 28.7 Å². The lowest BCUT2D eigenvalue weighted by atomic mass is 9.85. The number of aromatic amines is 1. The van der Waals surface area contributed by atoms with Gasteiger partial charge in [0.15, 0.2) is 0 Å². The maximum atomic E-state index is 13.4. The molecular formula is C50H58N4O9. The number of hydrogen-bond donors (Lipinski definition) is 5. The lowest BCUT2D eigenvalue weighted by Crippen LogP contribution is -2.52. The van der Waals surface area contributed by atoms with Crippen LogP contribution < -0.4 is 20.9 Å². The Hall–Kier alpha value is -6.02. The monoisotopic (exact) mass is 858 g/mol. The van der Waals surface area contributed by atoms with Crippen molar-refractivity contribution in [2.24, 2.45) is 11.8 Å². The van der Waals surface area contributed by atoms with E-state index in [1.54, 1.807) is 24.3 Å². The third kappa shape index (κ3) is 11.9. The van der Waals surface area contributed by atoms with Crippen LogP contribution in [0.15, 0.2) is 108 Å². The number of phenolic OH excluding ortho intramolecular Hbond substituents is 1. The predicted molar refractivity (Wildman–Crippen MR) is 240 cm³/mol. The van der Waals surface area contributed by atoms with E-state index in [4.69, 9.17) is 14.2 Å². The minimum Gasteiger partial charge on any atom is -0.506 e. The number of ether oxygens (including phenoxy) is 3. The second kappa shape index (κ2) is 21.4. The standard InChI is InChI=1S/C50H58N4O9/c1-32(2)47(50(60)61-26-7-6-23-51-29-43(56)39-17-19-42(55)48-40(39)18-20-45(57)52-48)53-49(59)36-15-13-33(14-16-36)31-62-38-12-8-11-37(27-38)41(34-9-4-3-5-10-34)28-46(58)63-44-30-54-24-21-35(44)22-25-54/h3-5,8-20,27,32,35,41,43-44,47,51,55-56H,6-7,21-26,28-31H2,1-2H3,(H,52,57)(H,53,59)/t41-,43-,44-,47-/m0/s1. The molecule has 0 spiro atoms. The van der Waals surface area contributed by atoms with E-state index in [1.807, 2.05) is 80.6 Å². The molecule has 4 atom stereocenters. The molecule has 332 valence electrons. The molecule has 13 heteroatoms. The number of esters is 2. The number of aromatic nitrogens is 1. The number of H-pyrrole nitrogens is 1. The molecule has 4 heterocycles. The molecule has 8 rings (SSSR count). The van der Waals surface area contributed by atoms with Gasteiger partial charge in [-0.2, -0.15) is 0 Å². The lowest BCUT2D eigenvalue weighted by molar-refractivity contribution is -0.159. The van der Waals surface area contributed by atoms with E-state index in [0.717, 1.165) is 49.2 Å². The molecule has 0 radical (unpaired) electrons. The number of nitrogens with zero attached hydrogens (tertiary/aromatic N) is 1. The zero-order valence-corrected chi connectivity index (χ0v) is 36.0. The number of pyridine rings is 1. The lowest BCUT2D eigenvalue weighted by Gasteiger charge is -2.44. The molecule has 5 aromatic rings. The molecule has 3 aliphatic heterocycles. The Morgan fingerprint density at radius 3 is 2.38 bits per heavy atom. The summed E-state index contributed by atoms with van der Waals surface area (Å²) in [6.45, 7) is 7.93. The van der Waals surface area contributed by atoms with Gasteiger partial charge in [0.2, 0.25) is 5.56 Å². The number of benzene rings is 4. The quantitative estimate of drug-likeness (QED) is 0.0434. The van der Waals surface area contributed by atoms with Gasteiger partial charge in [-0.15, -0.1) is 0 Å². The number of piperidine rings is 3. The van der Waals surface area contributed by atoms with Crippen molar-refractivity contribution in [3.63, 3.8) is 0 Å². The Kier molecular flexibility index (Phi) is 15.3. The van der Waals surface area contributed by atoms with Gasteiger partial charge in [0.25, 0.3) is 5.91 Å². The Labute approximate surface area is 367 Å². The number of nitrogens with one attached hydrogen (secondary N) is 3. The van der Waals surface area contributed by atoms with Crippen LogP contribution in [0.2, 0.25) is 0 Å². The van der Waals surface area contributed by atoms with Crippen molar-refractivity contribution in [3.8, 4) is 11.5 Å². The highest BCUT2D eigenvalue weighted by atomic mass is 16.5. The van der Waals surface area contributed by atoms with Crippen LogP contribution in [0.5, 0.6) is 11.5 Å². The number of unbranched alkanes of at least 4 members (excludes halogenated alkanes) is 1. The number of phenols is 1. The Morgan fingerprint density at radius 2 is 1.65 bits per heavy atom. The van der Waals surface area contributed by atoms with Gasteiger partial charge in [0, 0.05) is 36.0 Å². The number of rotatable bonds is 20. The summed E-state index contributed by atoms with van der Waals surface area (Å²) < 4.78 is 17.8. The van der Waals surface area contributed by atoms with Crippen LogP contribution in [0.3, 0.4) is 0 Å². The van der Waals surface area contributed by atoms with Crippen molar-refractivity contribution in [2.75, 3.05) is 39.3 Å². The first kappa shape index (κ1) is 45.0. The molecule has 63 heavy (non-hydrogen) atoms. The maximum absolute atomic E-state index is 13.4. The van der Waals surface area contributed by atoms with Crippen LogP contribution >= 0.6 is 0 Å². The van der Waals surface area contributed by atoms with Crippen LogP contribution in [0.1, 0.15) is 90.6 Å². The normalized spacial score (nSPS) is 18.4. The van der Waals surface area contributed by atoms with Crippen LogP contribution in [-0.4, -0.2) is 89.4 Å². The summed E-state index contributed by atoms with van der Waals surface area (Å²) in [6.07, 6.45) is 2.73. The maximum Gasteiger partial charge on any atom is 0.328 e. The Morgan fingerprint density at radius 1 is 0.889 bits per heavy atom. The fraction of sp³-hybridized carbons (Fsp3) is 0.400. The summed E-state index contributed by atoms with van der Waals surface area (Å²) in [4.78, 5) is 56.4. The van der Waals surface area contributed by atoms with E-state index in [2.05, 4.69) is 20.5 Å². The summed E-state index contributed by atoms with van der Waals surface area (Å²) in [5, 5.41) is 27.5. The molecule has 13 nitrogen and oxygen atoms in total. The number of hydrogen-bond acceptors (Lipinski definition) is 11. The largest absolute Gasteiger partial charge is 0.506 e. The van der Waals surface area contributed by atoms with E-state index in [9.17, 15) is 29.4 Å². The fourth-order valence-electron chi connectivity index (χ4n) is 8.52. The molecule has 3 fully saturated rings. The second-order valence-corrected chi connectivity index (χ2v) is 17.0. The van der Waals surface area contributed by atoms with Gasteiger partial charge in [0.1, 0.15) is 30.3 Å². The van der Waals surface area contributed by atoms with Crippen LogP contribution in [-0.2, 0) is 25.7 Å². The van der Waals surface area contributed by atoms with Crippen molar-refractivity contribution in [1.82, 2.24) is 20.5 Å². The molecular weight excluding hydrogens is 801 g/mol. The summed E-state index contributed by atoms with van der Waals surface area (Å²) in [6, 6.07) is 30.0. The summed E-state index contributed by atoms with van der Waals surface area (Å²) in [5.41, 5.74) is 3.76. The second-order valence-electron chi connectivity index (χ2n) is 17.0. The van der Waals surface area contributed by atoms with Crippen LogP contribution in [0.4, 0.5) is 0 Å². The van der Waals surface area contributed by atoms with Crippen molar-refractivity contribution in [2.45, 2.75) is 76.7 Å². The SMILES string of the molecule is CC(C)[C@H](NC(=O)c1ccc(COc2cccc([C@@H](CC(=O)O[C@H]3CN4CCC3CC4)c3ccccc3)c2)cc1)C(=O)OCCCCNC[C@H](O)c1ccc(O)c2[nH]c(=O)ccc12. The van der Waals surface area contributed by atoms with E-state index in [-0.39, 0.29) is 72.8 Å². The highest BCUT2D eigenvalue weighted by molar-refractivity contribution is 5.97.